The number of allylic oxidation sites excluding steroid dienone is 12. The second-order valence-electron chi connectivity index (χ2n) is 3.36. The van der Waals surface area contributed by atoms with Crippen molar-refractivity contribution < 1.29 is 0 Å². The van der Waals surface area contributed by atoms with E-state index in [0.717, 1.165) is 12.8 Å². The SMILES string of the molecule is C1=CCC=C(C2=CCC=CC=C2)C=C1.CC.CC. The van der Waals surface area contributed by atoms with Crippen LogP contribution in [0.25, 0.3) is 0 Å². The van der Waals surface area contributed by atoms with Crippen molar-refractivity contribution in [1.82, 2.24) is 0 Å². The van der Waals surface area contributed by atoms with Gasteiger partial charge in [0.05, 0.1) is 0 Å². The van der Waals surface area contributed by atoms with E-state index in [1.54, 1.807) is 0 Å². The van der Waals surface area contributed by atoms with Gasteiger partial charge in [0, 0.05) is 0 Å². The van der Waals surface area contributed by atoms with E-state index in [4.69, 9.17) is 0 Å². The molecule has 2 aliphatic rings. The van der Waals surface area contributed by atoms with Gasteiger partial charge in [-0.1, -0.05) is 88.5 Å². The molecule has 0 fully saturated rings. The van der Waals surface area contributed by atoms with Crippen molar-refractivity contribution in [2.45, 2.75) is 40.5 Å². The van der Waals surface area contributed by atoms with Crippen LogP contribution in [0.4, 0.5) is 0 Å². The van der Waals surface area contributed by atoms with Crippen molar-refractivity contribution in [3.63, 3.8) is 0 Å². The lowest BCUT2D eigenvalue weighted by Crippen LogP contribution is -1.82. The van der Waals surface area contributed by atoms with Crippen molar-refractivity contribution in [1.29, 1.82) is 0 Å². The summed E-state index contributed by atoms with van der Waals surface area (Å²) in [7, 11) is 0. The van der Waals surface area contributed by atoms with Gasteiger partial charge < -0.3 is 0 Å². The first kappa shape index (κ1) is 16.4. The molecular weight excluding hydrogens is 216 g/mol. The summed E-state index contributed by atoms with van der Waals surface area (Å²) in [6.07, 6.45) is 23.7. The molecule has 0 saturated heterocycles. The maximum absolute atomic E-state index is 2.27. The fourth-order valence-corrected chi connectivity index (χ4v) is 1.59. The van der Waals surface area contributed by atoms with Gasteiger partial charge in [-0.05, 0) is 24.0 Å². The van der Waals surface area contributed by atoms with Gasteiger partial charge in [-0.25, -0.2) is 0 Å². The second-order valence-corrected chi connectivity index (χ2v) is 3.36. The Bertz CT molecular complexity index is 333. The summed E-state index contributed by atoms with van der Waals surface area (Å²) in [5, 5.41) is 0. The minimum absolute atomic E-state index is 1.03. The molecule has 98 valence electrons. The maximum atomic E-state index is 2.27. The molecule has 2 aliphatic carbocycles. The molecule has 0 aromatic heterocycles. The normalized spacial score (nSPS) is 16.2. The third kappa shape index (κ3) is 6.24. The fraction of sp³-hybridized carbons (Fsp3) is 0.333. The molecule has 0 aromatic carbocycles. The molecule has 0 bridgehead atoms. The molecule has 0 unspecified atom stereocenters. The second kappa shape index (κ2) is 11.9. The molecule has 0 N–H and O–H groups in total. The third-order valence-corrected chi connectivity index (χ3v) is 2.33. The van der Waals surface area contributed by atoms with Crippen molar-refractivity contribution in [2.24, 2.45) is 0 Å². The van der Waals surface area contributed by atoms with Crippen LogP contribution in [-0.4, -0.2) is 0 Å². The highest BCUT2D eigenvalue weighted by Crippen LogP contribution is 2.18. The van der Waals surface area contributed by atoms with Crippen LogP contribution in [0.3, 0.4) is 0 Å². The van der Waals surface area contributed by atoms with Crippen LogP contribution in [0.5, 0.6) is 0 Å². The number of hydrogen-bond acceptors (Lipinski definition) is 0. The van der Waals surface area contributed by atoms with Gasteiger partial charge in [0.15, 0.2) is 0 Å². The lowest BCUT2D eigenvalue weighted by atomic mass is 10.0. The Morgan fingerprint density at radius 3 is 1.39 bits per heavy atom. The molecule has 2 rings (SSSR count). The zero-order valence-corrected chi connectivity index (χ0v) is 12.2. The molecule has 0 nitrogen and oxygen atoms in total. The maximum Gasteiger partial charge on any atom is -0.0157 e. The predicted molar refractivity (Wildman–Crippen MR) is 84.7 cm³/mol. The summed E-state index contributed by atoms with van der Waals surface area (Å²) >= 11 is 0. The standard InChI is InChI=1S/C14H14.2C2H6/c1-2-6-10-13(9-5-1)14-11-7-3-4-8-12-14;2*1-2/h1-5,7,9-12H,6,8H2;2*1-2H3. The minimum atomic E-state index is 1.03. The highest BCUT2D eigenvalue weighted by molar-refractivity contribution is 5.49. The van der Waals surface area contributed by atoms with Crippen molar-refractivity contribution in [2.75, 3.05) is 0 Å². The van der Waals surface area contributed by atoms with Gasteiger partial charge in [-0.15, -0.1) is 0 Å². The average Bonchev–Trinajstić information content (AvgIpc) is 2.88. The Morgan fingerprint density at radius 2 is 1.00 bits per heavy atom. The molecule has 0 heterocycles. The van der Waals surface area contributed by atoms with Crippen LogP contribution in [0.15, 0.2) is 71.9 Å². The molecule has 0 atom stereocenters. The van der Waals surface area contributed by atoms with E-state index in [9.17, 15) is 0 Å². The summed E-state index contributed by atoms with van der Waals surface area (Å²) in [5.41, 5.74) is 2.66. The van der Waals surface area contributed by atoms with Gasteiger partial charge in [0.2, 0.25) is 0 Å². The molecule has 0 amide bonds. The monoisotopic (exact) mass is 242 g/mol. The first-order valence-corrected chi connectivity index (χ1v) is 7.04. The van der Waals surface area contributed by atoms with E-state index in [1.165, 1.54) is 11.1 Å². The highest BCUT2D eigenvalue weighted by Gasteiger charge is 1.99. The van der Waals surface area contributed by atoms with E-state index in [0.29, 0.717) is 0 Å². The van der Waals surface area contributed by atoms with Crippen LogP contribution in [0, 0.1) is 0 Å². The van der Waals surface area contributed by atoms with Gasteiger partial charge in [-0.3, -0.25) is 0 Å². The number of rotatable bonds is 1. The molecule has 18 heavy (non-hydrogen) atoms. The van der Waals surface area contributed by atoms with Crippen LogP contribution in [-0.2, 0) is 0 Å². The zero-order chi connectivity index (χ0) is 13.6. The van der Waals surface area contributed by atoms with Crippen LogP contribution >= 0.6 is 0 Å². The smallest absolute Gasteiger partial charge is 0.0157 e. The quantitative estimate of drug-likeness (QED) is 0.535. The van der Waals surface area contributed by atoms with E-state index >= 15 is 0 Å². The molecule has 0 saturated carbocycles. The van der Waals surface area contributed by atoms with Gasteiger partial charge in [0.25, 0.3) is 0 Å². The highest BCUT2D eigenvalue weighted by atomic mass is 14.0. The molecule has 0 aliphatic heterocycles. The first-order valence-electron chi connectivity index (χ1n) is 7.04. The van der Waals surface area contributed by atoms with Crippen molar-refractivity contribution in [3.05, 3.63) is 71.9 Å². The third-order valence-electron chi connectivity index (χ3n) is 2.33. The zero-order valence-electron chi connectivity index (χ0n) is 12.2. The minimum Gasteiger partial charge on any atom is -0.0807 e. The van der Waals surface area contributed by atoms with E-state index in [-0.39, 0.29) is 0 Å². The van der Waals surface area contributed by atoms with Crippen LogP contribution in [0.1, 0.15) is 40.5 Å². The summed E-state index contributed by atoms with van der Waals surface area (Å²) in [5.74, 6) is 0. The molecule has 0 radical (unpaired) electrons. The van der Waals surface area contributed by atoms with Gasteiger partial charge in [-0.2, -0.15) is 0 Å². The first-order chi connectivity index (χ1) is 8.97. The van der Waals surface area contributed by atoms with Crippen LogP contribution in [0.2, 0.25) is 0 Å². The van der Waals surface area contributed by atoms with Gasteiger partial charge in [0.1, 0.15) is 0 Å². The van der Waals surface area contributed by atoms with Gasteiger partial charge >= 0.3 is 0 Å². The fourth-order valence-electron chi connectivity index (χ4n) is 1.59. The molecule has 0 spiro atoms. The largest absolute Gasteiger partial charge is 0.0807 e. The Morgan fingerprint density at radius 1 is 0.611 bits per heavy atom. The van der Waals surface area contributed by atoms with E-state index in [1.807, 2.05) is 27.7 Å². The number of hydrogen-bond donors (Lipinski definition) is 0. The molecule has 0 heteroatoms. The van der Waals surface area contributed by atoms with Crippen molar-refractivity contribution in [3.8, 4) is 0 Å². The van der Waals surface area contributed by atoms with Crippen molar-refractivity contribution >= 4 is 0 Å². The molecule has 0 aromatic rings. The van der Waals surface area contributed by atoms with E-state index < -0.39 is 0 Å². The Labute approximate surface area is 113 Å². The predicted octanol–water partition coefficient (Wildman–Crippen LogP) is 5.92. The average molecular weight is 242 g/mol. The molecular formula is C18H26. The lowest BCUT2D eigenvalue weighted by molar-refractivity contribution is 1.33. The Kier molecular flexibility index (Phi) is 10.9. The summed E-state index contributed by atoms with van der Waals surface area (Å²) < 4.78 is 0. The summed E-state index contributed by atoms with van der Waals surface area (Å²) in [4.78, 5) is 0. The Hall–Kier alpha value is -1.56. The Balaban J connectivity index is 0.000000659. The van der Waals surface area contributed by atoms with Crippen LogP contribution < -0.4 is 0 Å². The summed E-state index contributed by atoms with van der Waals surface area (Å²) in [6.45, 7) is 8.00. The topological polar surface area (TPSA) is 0 Å². The van der Waals surface area contributed by atoms with E-state index in [2.05, 4.69) is 60.8 Å². The lowest BCUT2D eigenvalue weighted by Gasteiger charge is -2.01. The summed E-state index contributed by atoms with van der Waals surface area (Å²) in [6, 6.07) is 0.